The number of aromatic nitrogens is 3. The predicted octanol–water partition coefficient (Wildman–Crippen LogP) is 9.44. The Morgan fingerprint density at radius 1 is 0.595 bits per heavy atom. The van der Waals surface area contributed by atoms with Crippen LogP contribution in [0.4, 0.5) is 0 Å². The molecule has 5 aromatic rings. The summed E-state index contributed by atoms with van der Waals surface area (Å²) in [6.45, 7) is 0. The molecule has 0 radical (unpaired) electrons. The second-order valence-electron chi connectivity index (χ2n) is 11.1. The maximum absolute atomic E-state index is 5.14. The summed E-state index contributed by atoms with van der Waals surface area (Å²) in [6, 6.07) is 30.1. The standard InChI is InChI=1S/C39H29N3/c1-4-16-31-26(10-1)13-7-19-32(31)29-22-24-30(25-23-29)37-40-38(35-20-8-14-27-11-2-5-17-33(27)35)42-39(41-37)36-21-9-15-28-12-3-6-18-34(28)36/h1-5,7-13,15-17,19-25,27H,6,14,18H2. The number of hydrogen-bond donors (Lipinski definition) is 0. The second-order valence-corrected chi connectivity index (χ2v) is 11.1. The molecule has 3 aliphatic carbocycles. The Morgan fingerprint density at radius 3 is 2.33 bits per heavy atom. The molecule has 0 bridgehead atoms. The topological polar surface area (TPSA) is 38.7 Å². The van der Waals surface area contributed by atoms with Gasteiger partial charge in [-0.2, -0.15) is 0 Å². The SMILES string of the molecule is C1=CC2=C(c3nc(-c4ccc(-c5cccc6ccccc56)cc4)nc(-c4cccc5c4CCC=C5)n3)C=CCC2C=C1. The Morgan fingerprint density at radius 2 is 1.38 bits per heavy atom. The third kappa shape index (κ3) is 4.35. The smallest absolute Gasteiger partial charge is 0.164 e. The minimum atomic E-state index is 0.355. The third-order valence-corrected chi connectivity index (χ3v) is 8.55. The first-order valence-electron chi connectivity index (χ1n) is 14.7. The van der Waals surface area contributed by atoms with Crippen molar-refractivity contribution in [3.05, 3.63) is 150 Å². The van der Waals surface area contributed by atoms with Crippen LogP contribution in [-0.4, -0.2) is 15.0 Å². The number of rotatable bonds is 4. The number of benzene rings is 4. The molecular weight excluding hydrogens is 510 g/mol. The van der Waals surface area contributed by atoms with Crippen LogP contribution in [0.3, 0.4) is 0 Å². The summed E-state index contributed by atoms with van der Waals surface area (Å²) in [7, 11) is 0. The molecule has 0 saturated carbocycles. The highest BCUT2D eigenvalue weighted by Gasteiger charge is 2.23. The molecule has 0 N–H and O–H groups in total. The number of nitrogens with zero attached hydrogens (tertiary/aromatic N) is 3. The molecule has 3 aliphatic rings. The number of allylic oxidation sites excluding steroid dienone is 9. The molecule has 0 amide bonds. The number of hydrogen-bond acceptors (Lipinski definition) is 3. The van der Waals surface area contributed by atoms with E-state index < -0.39 is 0 Å². The van der Waals surface area contributed by atoms with Crippen molar-refractivity contribution < 1.29 is 0 Å². The second kappa shape index (κ2) is 10.4. The Balaban J connectivity index is 1.28. The lowest BCUT2D eigenvalue weighted by Gasteiger charge is -2.22. The Labute approximate surface area is 246 Å². The van der Waals surface area contributed by atoms with E-state index in [1.807, 2.05) is 0 Å². The quantitative estimate of drug-likeness (QED) is 0.228. The first-order chi connectivity index (χ1) is 20.8. The first-order valence-corrected chi connectivity index (χ1v) is 14.7. The van der Waals surface area contributed by atoms with E-state index >= 15 is 0 Å². The molecule has 1 atom stereocenters. The van der Waals surface area contributed by atoms with Gasteiger partial charge in [0.1, 0.15) is 0 Å². The van der Waals surface area contributed by atoms with Crippen LogP contribution in [0.5, 0.6) is 0 Å². The van der Waals surface area contributed by atoms with Crippen LogP contribution in [0.2, 0.25) is 0 Å². The largest absolute Gasteiger partial charge is 0.208 e. The Bertz CT molecular complexity index is 2000. The van der Waals surface area contributed by atoms with Gasteiger partial charge in [0.25, 0.3) is 0 Å². The van der Waals surface area contributed by atoms with Gasteiger partial charge in [-0.3, -0.25) is 0 Å². The van der Waals surface area contributed by atoms with Gasteiger partial charge in [0.15, 0.2) is 17.5 Å². The van der Waals surface area contributed by atoms with Gasteiger partial charge in [0.2, 0.25) is 0 Å². The van der Waals surface area contributed by atoms with E-state index in [1.54, 1.807) is 0 Å². The van der Waals surface area contributed by atoms with Gasteiger partial charge >= 0.3 is 0 Å². The highest BCUT2D eigenvalue weighted by Crippen LogP contribution is 2.37. The van der Waals surface area contributed by atoms with Crippen LogP contribution >= 0.6 is 0 Å². The lowest BCUT2D eigenvalue weighted by atomic mass is 9.84. The van der Waals surface area contributed by atoms with Gasteiger partial charge in [-0.15, -0.1) is 0 Å². The highest BCUT2D eigenvalue weighted by molar-refractivity contribution is 5.96. The fraction of sp³-hybridized carbons (Fsp3) is 0.103. The highest BCUT2D eigenvalue weighted by atomic mass is 15.0. The van der Waals surface area contributed by atoms with Crippen molar-refractivity contribution in [1.82, 2.24) is 15.0 Å². The Hall–Kier alpha value is -5.15. The molecule has 200 valence electrons. The summed E-state index contributed by atoms with van der Waals surface area (Å²) in [5.41, 5.74) is 9.39. The summed E-state index contributed by atoms with van der Waals surface area (Å²) in [4.78, 5) is 15.4. The lowest BCUT2D eigenvalue weighted by Crippen LogP contribution is -2.11. The van der Waals surface area contributed by atoms with E-state index in [0.717, 1.165) is 47.6 Å². The van der Waals surface area contributed by atoms with Crippen molar-refractivity contribution in [2.24, 2.45) is 5.92 Å². The van der Waals surface area contributed by atoms with Gasteiger partial charge in [-0.1, -0.05) is 134 Å². The average Bonchev–Trinajstić information content (AvgIpc) is 3.07. The van der Waals surface area contributed by atoms with Crippen molar-refractivity contribution >= 4 is 22.4 Å². The molecule has 4 aromatic carbocycles. The Kier molecular flexibility index (Phi) is 6.07. The third-order valence-electron chi connectivity index (χ3n) is 8.55. The van der Waals surface area contributed by atoms with Gasteiger partial charge in [-0.05, 0) is 57.9 Å². The van der Waals surface area contributed by atoms with Crippen molar-refractivity contribution in [2.45, 2.75) is 19.3 Å². The maximum Gasteiger partial charge on any atom is 0.164 e. The molecule has 1 heterocycles. The van der Waals surface area contributed by atoms with E-state index in [4.69, 9.17) is 15.0 Å². The van der Waals surface area contributed by atoms with E-state index in [0.29, 0.717) is 11.7 Å². The fourth-order valence-corrected chi connectivity index (χ4v) is 6.42. The minimum Gasteiger partial charge on any atom is -0.208 e. The van der Waals surface area contributed by atoms with E-state index in [1.165, 1.54) is 38.6 Å². The van der Waals surface area contributed by atoms with Gasteiger partial charge in [-0.25, -0.2) is 15.0 Å². The van der Waals surface area contributed by atoms with Gasteiger partial charge in [0.05, 0.1) is 0 Å². The molecule has 0 spiro atoms. The molecule has 42 heavy (non-hydrogen) atoms. The minimum absolute atomic E-state index is 0.355. The zero-order chi connectivity index (χ0) is 27.9. The van der Waals surface area contributed by atoms with E-state index in [-0.39, 0.29) is 0 Å². The van der Waals surface area contributed by atoms with Crippen molar-refractivity contribution in [3.8, 4) is 33.9 Å². The van der Waals surface area contributed by atoms with E-state index in [9.17, 15) is 0 Å². The van der Waals surface area contributed by atoms with Crippen LogP contribution < -0.4 is 0 Å². The van der Waals surface area contributed by atoms with Gasteiger partial charge < -0.3 is 0 Å². The molecule has 0 saturated heterocycles. The molecule has 0 aliphatic heterocycles. The van der Waals surface area contributed by atoms with Crippen molar-refractivity contribution in [3.63, 3.8) is 0 Å². The zero-order valence-corrected chi connectivity index (χ0v) is 23.2. The van der Waals surface area contributed by atoms with Crippen LogP contribution in [0, 0.1) is 5.92 Å². The molecule has 0 fully saturated rings. The summed E-state index contributed by atoms with van der Waals surface area (Å²) < 4.78 is 0. The summed E-state index contributed by atoms with van der Waals surface area (Å²) in [5.74, 6) is 2.52. The first kappa shape index (κ1) is 24.6. The normalized spacial score (nSPS) is 17.0. The lowest BCUT2D eigenvalue weighted by molar-refractivity contribution is 0.781. The molecule has 8 rings (SSSR count). The molecule has 3 nitrogen and oxygen atoms in total. The van der Waals surface area contributed by atoms with Crippen LogP contribution in [0.1, 0.15) is 29.8 Å². The van der Waals surface area contributed by atoms with Crippen molar-refractivity contribution in [1.29, 1.82) is 0 Å². The summed E-state index contributed by atoms with van der Waals surface area (Å²) in [6.07, 6.45) is 20.6. The van der Waals surface area contributed by atoms with Crippen molar-refractivity contribution in [2.75, 3.05) is 0 Å². The summed E-state index contributed by atoms with van der Waals surface area (Å²) in [5, 5.41) is 2.49. The molecule has 1 aromatic heterocycles. The summed E-state index contributed by atoms with van der Waals surface area (Å²) >= 11 is 0. The molecular formula is C39H29N3. The maximum atomic E-state index is 5.14. The molecule has 1 unspecified atom stereocenters. The average molecular weight is 540 g/mol. The number of fused-ring (bicyclic) bond motifs is 3. The van der Waals surface area contributed by atoms with Crippen LogP contribution in [-0.2, 0) is 6.42 Å². The van der Waals surface area contributed by atoms with E-state index in [2.05, 4.69) is 134 Å². The molecule has 3 heteroatoms. The van der Waals surface area contributed by atoms with Gasteiger partial charge in [0, 0.05) is 22.6 Å². The monoisotopic (exact) mass is 539 g/mol. The van der Waals surface area contributed by atoms with Crippen LogP contribution in [0.15, 0.2) is 133 Å². The fourth-order valence-electron chi connectivity index (χ4n) is 6.42. The van der Waals surface area contributed by atoms with Crippen LogP contribution in [0.25, 0.3) is 56.3 Å². The predicted molar refractivity (Wildman–Crippen MR) is 173 cm³/mol. The zero-order valence-electron chi connectivity index (χ0n) is 23.2.